The van der Waals surface area contributed by atoms with Crippen LogP contribution in [0.25, 0.3) is 0 Å². The minimum absolute atomic E-state index is 0.183. The van der Waals surface area contributed by atoms with E-state index < -0.39 is 10.0 Å². The highest BCUT2D eigenvalue weighted by molar-refractivity contribution is 7.89. The largest absolute Gasteiger partial charge is 0.469 e. The molecule has 1 saturated heterocycles. The number of carbonyl (C=O) groups is 1. The number of nitrogens with zero attached hydrogens (tertiary/aromatic N) is 1. The molecular formula is C14H25NO4S. The standard InChI is InChI=1S/C14H25NO4S/c1-19-14(16)11-12-7-5-6-10-15(12)20(17,18)13-8-3-2-4-9-13/h12-13H,2-11H2,1H3. The Balaban J connectivity index is 2.11. The first-order chi connectivity index (χ1) is 9.55. The minimum atomic E-state index is -3.26. The second-order valence-corrected chi connectivity index (χ2v) is 8.01. The summed E-state index contributed by atoms with van der Waals surface area (Å²) in [7, 11) is -1.91. The van der Waals surface area contributed by atoms with Crippen LogP contribution >= 0.6 is 0 Å². The summed E-state index contributed by atoms with van der Waals surface area (Å²) in [5.74, 6) is -0.319. The van der Waals surface area contributed by atoms with E-state index in [-0.39, 0.29) is 23.7 Å². The van der Waals surface area contributed by atoms with Gasteiger partial charge in [0.1, 0.15) is 0 Å². The first-order valence-corrected chi connectivity index (χ1v) is 9.13. The van der Waals surface area contributed by atoms with Crippen LogP contribution in [-0.4, -0.2) is 43.6 Å². The van der Waals surface area contributed by atoms with E-state index in [1.807, 2.05) is 0 Å². The third-order valence-electron chi connectivity index (χ3n) is 4.50. The fourth-order valence-corrected chi connectivity index (χ4v) is 5.63. The van der Waals surface area contributed by atoms with Crippen molar-refractivity contribution in [3.8, 4) is 0 Å². The van der Waals surface area contributed by atoms with Crippen molar-refractivity contribution < 1.29 is 17.9 Å². The van der Waals surface area contributed by atoms with E-state index in [1.54, 1.807) is 4.31 Å². The molecule has 2 rings (SSSR count). The van der Waals surface area contributed by atoms with Crippen molar-refractivity contribution in [1.29, 1.82) is 0 Å². The van der Waals surface area contributed by atoms with Crippen LogP contribution in [0.2, 0.25) is 0 Å². The lowest BCUT2D eigenvalue weighted by atomic mass is 10.0. The van der Waals surface area contributed by atoms with Crippen LogP contribution in [0.5, 0.6) is 0 Å². The molecule has 20 heavy (non-hydrogen) atoms. The molecule has 5 nitrogen and oxygen atoms in total. The second kappa shape index (κ2) is 6.89. The molecule has 0 aromatic heterocycles. The monoisotopic (exact) mass is 303 g/mol. The highest BCUT2D eigenvalue weighted by atomic mass is 32.2. The summed E-state index contributed by atoms with van der Waals surface area (Å²) < 4.78 is 31.9. The van der Waals surface area contributed by atoms with Gasteiger partial charge in [0, 0.05) is 12.6 Å². The van der Waals surface area contributed by atoms with Crippen molar-refractivity contribution in [2.24, 2.45) is 0 Å². The predicted octanol–water partition coefficient (Wildman–Crippen LogP) is 2.07. The number of piperidine rings is 1. The zero-order chi connectivity index (χ0) is 14.6. The van der Waals surface area contributed by atoms with Crippen LogP contribution in [0.15, 0.2) is 0 Å². The van der Waals surface area contributed by atoms with E-state index in [9.17, 15) is 13.2 Å². The van der Waals surface area contributed by atoms with Gasteiger partial charge in [-0.2, -0.15) is 4.31 Å². The summed E-state index contributed by atoms with van der Waals surface area (Å²) in [5, 5.41) is -0.241. The number of carbonyl (C=O) groups excluding carboxylic acids is 1. The second-order valence-electron chi connectivity index (χ2n) is 5.85. The summed E-state index contributed by atoms with van der Waals surface area (Å²) in [6.45, 7) is 0.556. The average molecular weight is 303 g/mol. The topological polar surface area (TPSA) is 63.7 Å². The number of rotatable bonds is 4. The lowest BCUT2D eigenvalue weighted by Crippen LogP contribution is -2.48. The van der Waals surface area contributed by atoms with E-state index in [2.05, 4.69) is 0 Å². The highest BCUT2D eigenvalue weighted by Gasteiger charge is 2.38. The molecule has 0 aromatic carbocycles. The fraction of sp³-hybridized carbons (Fsp3) is 0.929. The highest BCUT2D eigenvalue weighted by Crippen LogP contribution is 2.31. The van der Waals surface area contributed by atoms with Crippen molar-refractivity contribution in [3.63, 3.8) is 0 Å². The zero-order valence-electron chi connectivity index (χ0n) is 12.2. The van der Waals surface area contributed by atoms with Crippen molar-refractivity contribution in [1.82, 2.24) is 4.31 Å². The van der Waals surface area contributed by atoms with Gasteiger partial charge in [-0.15, -0.1) is 0 Å². The van der Waals surface area contributed by atoms with Crippen molar-refractivity contribution in [2.75, 3.05) is 13.7 Å². The molecular weight excluding hydrogens is 278 g/mol. The van der Waals surface area contributed by atoms with Crippen LogP contribution in [0.3, 0.4) is 0 Å². The molecule has 1 heterocycles. The first kappa shape index (κ1) is 15.8. The van der Waals surface area contributed by atoms with Gasteiger partial charge in [-0.25, -0.2) is 8.42 Å². The number of hydrogen-bond donors (Lipinski definition) is 0. The average Bonchev–Trinajstić information content (AvgIpc) is 2.48. The molecule has 1 atom stereocenters. The first-order valence-electron chi connectivity index (χ1n) is 7.63. The van der Waals surface area contributed by atoms with Crippen molar-refractivity contribution in [3.05, 3.63) is 0 Å². The molecule has 0 bridgehead atoms. The van der Waals surface area contributed by atoms with Crippen molar-refractivity contribution >= 4 is 16.0 Å². The maximum Gasteiger partial charge on any atom is 0.307 e. The van der Waals surface area contributed by atoms with Gasteiger partial charge in [-0.1, -0.05) is 25.7 Å². The summed E-state index contributed by atoms with van der Waals surface area (Å²) >= 11 is 0. The number of esters is 1. The van der Waals surface area contributed by atoms with Gasteiger partial charge in [-0.05, 0) is 25.7 Å². The molecule has 1 saturated carbocycles. The van der Waals surface area contributed by atoms with E-state index in [4.69, 9.17) is 4.74 Å². The van der Waals surface area contributed by atoms with E-state index in [0.717, 1.165) is 51.4 Å². The summed E-state index contributed by atoms with van der Waals surface area (Å²) in [5.41, 5.74) is 0. The van der Waals surface area contributed by atoms with Gasteiger partial charge in [-0.3, -0.25) is 4.79 Å². The van der Waals surface area contributed by atoms with Crippen LogP contribution in [-0.2, 0) is 19.6 Å². The number of sulfonamides is 1. The normalized spacial score (nSPS) is 26.4. The summed E-state index contributed by atoms with van der Waals surface area (Å²) in [6.07, 6.45) is 7.50. The van der Waals surface area contributed by atoms with Gasteiger partial charge in [0.15, 0.2) is 0 Å². The Labute approximate surface area is 121 Å². The third kappa shape index (κ3) is 3.52. The van der Waals surface area contributed by atoms with Gasteiger partial charge >= 0.3 is 5.97 Å². The molecule has 0 radical (unpaired) electrons. The quantitative estimate of drug-likeness (QED) is 0.746. The van der Waals surface area contributed by atoms with Gasteiger partial charge in [0.2, 0.25) is 10.0 Å². The molecule has 2 aliphatic rings. The molecule has 0 aromatic rings. The summed E-state index contributed by atoms with van der Waals surface area (Å²) in [4.78, 5) is 11.5. The lowest BCUT2D eigenvalue weighted by molar-refractivity contribution is -0.141. The fourth-order valence-electron chi connectivity index (χ4n) is 3.34. The Morgan fingerprint density at radius 2 is 1.75 bits per heavy atom. The molecule has 1 unspecified atom stereocenters. The van der Waals surface area contributed by atoms with Crippen LogP contribution in [0.1, 0.15) is 57.8 Å². The van der Waals surface area contributed by atoms with Gasteiger partial charge in [0.25, 0.3) is 0 Å². The SMILES string of the molecule is COC(=O)CC1CCCCN1S(=O)(=O)C1CCCCC1. The maximum atomic E-state index is 12.8. The molecule has 0 amide bonds. The zero-order valence-corrected chi connectivity index (χ0v) is 13.0. The molecule has 1 aliphatic heterocycles. The lowest BCUT2D eigenvalue weighted by Gasteiger charge is -2.37. The number of hydrogen-bond acceptors (Lipinski definition) is 4. The molecule has 116 valence electrons. The third-order valence-corrected chi connectivity index (χ3v) is 6.95. The smallest absolute Gasteiger partial charge is 0.307 e. The van der Waals surface area contributed by atoms with Crippen molar-refractivity contribution in [2.45, 2.75) is 69.1 Å². The van der Waals surface area contributed by atoms with Gasteiger partial charge < -0.3 is 4.74 Å². The van der Waals surface area contributed by atoms with Crippen LogP contribution in [0.4, 0.5) is 0 Å². The Bertz CT molecular complexity index is 428. The predicted molar refractivity (Wildman–Crippen MR) is 76.8 cm³/mol. The molecule has 0 N–H and O–H groups in total. The van der Waals surface area contributed by atoms with E-state index in [1.165, 1.54) is 7.11 Å². The van der Waals surface area contributed by atoms with Crippen LogP contribution < -0.4 is 0 Å². The Morgan fingerprint density at radius 3 is 2.40 bits per heavy atom. The molecule has 0 spiro atoms. The Morgan fingerprint density at radius 1 is 1.10 bits per heavy atom. The van der Waals surface area contributed by atoms with Gasteiger partial charge in [0.05, 0.1) is 18.8 Å². The number of methoxy groups -OCH3 is 1. The van der Waals surface area contributed by atoms with E-state index in [0.29, 0.717) is 6.54 Å². The Kier molecular flexibility index (Phi) is 5.43. The maximum absolute atomic E-state index is 12.8. The van der Waals surface area contributed by atoms with E-state index >= 15 is 0 Å². The molecule has 6 heteroatoms. The molecule has 2 fully saturated rings. The number of ether oxygens (including phenoxy) is 1. The Hall–Kier alpha value is -0.620. The minimum Gasteiger partial charge on any atom is -0.469 e. The van der Waals surface area contributed by atoms with Crippen LogP contribution in [0, 0.1) is 0 Å². The molecule has 1 aliphatic carbocycles. The summed E-state index contributed by atoms with van der Waals surface area (Å²) in [6, 6.07) is -0.205.